The summed E-state index contributed by atoms with van der Waals surface area (Å²) in [7, 11) is 0. The third-order valence-corrected chi connectivity index (χ3v) is 1.41. The third kappa shape index (κ3) is 2.97. The van der Waals surface area contributed by atoms with Crippen molar-refractivity contribution in [1.82, 2.24) is 0 Å². The molecule has 1 N–H and O–H groups in total. The summed E-state index contributed by atoms with van der Waals surface area (Å²) in [4.78, 5) is 0. The molecule has 0 atom stereocenters. The van der Waals surface area contributed by atoms with Crippen molar-refractivity contribution in [3.05, 3.63) is 54.1 Å². The highest BCUT2D eigenvalue weighted by Crippen LogP contribution is 2.00. The first-order chi connectivity index (χ1) is 5.93. The van der Waals surface area contributed by atoms with Crippen LogP contribution in [-0.4, -0.2) is 6.21 Å². The van der Waals surface area contributed by atoms with Gasteiger partial charge in [-0.3, -0.25) is 0 Å². The highest BCUT2D eigenvalue weighted by Gasteiger charge is 1.78. The summed E-state index contributed by atoms with van der Waals surface area (Å²) in [6, 6.07) is 10.1. The SMILES string of the molecule is N=C/C=C\C=C\c1ccccc1. The lowest BCUT2D eigenvalue weighted by Crippen LogP contribution is -1.66. The van der Waals surface area contributed by atoms with Crippen LogP contribution in [0, 0.1) is 5.41 Å². The molecule has 0 saturated heterocycles. The molecule has 0 radical (unpaired) electrons. The van der Waals surface area contributed by atoms with Gasteiger partial charge >= 0.3 is 0 Å². The molecule has 0 bridgehead atoms. The molecule has 0 aliphatic heterocycles. The summed E-state index contributed by atoms with van der Waals surface area (Å²) in [6.07, 6.45) is 8.69. The van der Waals surface area contributed by atoms with Crippen LogP contribution in [0.25, 0.3) is 6.08 Å². The van der Waals surface area contributed by atoms with Crippen LogP contribution in [-0.2, 0) is 0 Å². The molecule has 0 amide bonds. The maximum atomic E-state index is 6.74. The minimum Gasteiger partial charge on any atom is -0.309 e. The largest absolute Gasteiger partial charge is 0.309 e. The fourth-order valence-electron chi connectivity index (χ4n) is 0.851. The van der Waals surface area contributed by atoms with Gasteiger partial charge in [-0.25, -0.2) is 0 Å². The lowest BCUT2D eigenvalue weighted by molar-refractivity contribution is 1.58. The Morgan fingerprint density at radius 2 is 1.67 bits per heavy atom. The van der Waals surface area contributed by atoms with Crippen molar-refractivity contribution in [2.75, 3.05) is 0 Å². The first-order valence-corrected chi connectivity index (χ1v) is 3.82. The number of rotatable bonds is 3. The first-order valence-electron chi connectivity index (χ1n) is 3.82. The predicted octanol–water partition coefficient (Wildman–Crippen LogP) is 2.91. The molecule has 0 fully saturated rings. The van der Waals surface area contributed by atoms with Crippen molar-refractivity contribution < 1.29 is 0 Å². The monoisotopic (exact) mass is 157 g/mol. The molecule has 0 saturated carbocycles. The van der Waals surface area contributed by atoms with Crippen molar-refractivity contribution in [3.8, 4) is 0 Å². The Balaban J connectivity index is 2.58. The van der Waals surface area contributed by atoms with E-state index >= 15 is 0 Å². The van der Waals surface area contributed by atoms with Crippen molar-refractivity contribution >= 4 is 12.3 Å². The molecule has 1 aromatic rings. The standard InChI is InChI=1S/C11H11N/c12-10-6-2-5-9-11-7-3-1-4-8-11/h1-10,12H/b6-2-,9-5+,12-10?. The molecule has 12 heavy (non-hydrogen) atoms. The van der Waals surface area contributed by atoms with E-state index in [2.05, 4.69) is 0 Å². The van der Waals surface area contributed by atoms with E-state index in [1.54, 1.807) is 6.08 Å². The van der Waals surface area contributed by atoms with Gasteiger partial charge in [-0.05, 0) is 11.6 Å². The van der Waals surface area contributed by atoms with Gasteiger partial charge < -0.3 is 5.41 Å². The van der Waals surface area contributed by atoms with E-state index in [1.807, 2.05) is 48.6 Å². The summed E-state index contributed by atoms with van der Waals surface area (Å²) >= 11 is 0. The Hall–Kier alpha value is -1.63. The van der Waals surface area contributed by atoms with Crippen LogP contribution in [0.5, 0.6) is 0 Å². The van der Waals surface area contributed by atoms with E-state index in [-0.39, 0.29) is 0 Å². The zero-order chi connectivity index (χ0) is 8.65. The molecule has 0 aromatic heterocycles. The molecule has 0 spiro atoms. The smallest absolute Gasteiger partial charge is 0.0177 e. The van der Waals surface area contributed by atoms with Crippen LogP contribution in [0.15, 0.2) is 48.6 Å². The minimum atomic E-state index is 1.17. The third-order valence-electron chi connectivity index (χ3n) is 1.41. The maximum Gasteiger partial charge on any atom is 0.0177 e. The van der Waals surface area contributed by atoms with Crippen LogP contribution in [0.3, 0.4) is 0 Å². The predicted molar refractivity (Wildman–Crippen MR) is 53.4 cm³/mol. The van der Waals surface area contributed by atoms with Gasteiger partial charge in [0.05, 0.1) is 0 Å². The minimum absolute atomic E-state index is 1.17. The Morgan fingerprint density at radius 3 is 2.33 bits per heavy atom. The van der Waals surface area contributed by atoms with Crippen molar-refractivity contribution in [2.45, 2.75) is 0 Å². The van der Waals surface area contributed by atoms with Crippen LogP contribution in [0.4, 0.5) is 0 Å². The zero-order valence-corrected chi connectivity index (χ0v) is 6.77. The normalized spacial score (nSPS) is 11.0. The quantitative estimate of drug-likeness (QED) is 0.515. The fourth-order valence-corrected chi connectivity index (χ4v) is 0.851. The van der Waals surface area contributed by atoms with E-state index in [0.29, 0.717) is 0 Å². The Labute approximate surface area is 72.6 Å². The Bertz CT molecular complexity index is 283. The summed E-state index contributed by atoms with van der Waals surface area (Å²) in [5.41, 5.74) is 1.17. The Morgan fingerprint density at radius 1 is 0.917 bits per heavy atom. The van der Waals surface area contributed by atoms with E-state index in [1.165, 1.54) is 11.8 Å². The van der Waals surface area contributed by atoms with E-state index in [4.69, 9.17) is 5.41 Å². The van der Waals surface area contributed by atoms with Gasteiger partial charge in [0.2, 0.25) is 0 Å². The van der Waals surface area contributed by atoms with Crippen LogP contribution < -0.4 is 0 Å². The summed E-state index contributed by atoms with van der Waals surface area (Å²) < 4.78 is 0. The summed E-state index contributed by atoms with van der Waals surface area (Å²) in [5, 5.41) is 6.74. The van der Waals surface area contributed by atoms with E-state index < -0.39 is 0 Å². The fraction of sp³-hybridized carbons (Fsp3) is 0. The van der Waals surface area contributed by atoms with Crippen molar-refractivity contribution in [1.29, 1.82) is 5.41 Å². The van der Waals surface area contributed by atoms with Gasteiger partial charge in [0, 0.05) is 6.21 Å². The summed E-state index contributed by atoms with van der Waals surface area (Å²) in [6.45, 7) is 0. The van der Waals surface area contributed by atoms with Crippen LogP contribution in [0.2, 0.25) is 0 Å². The lowest BCUT2D eigenvalue weighted by atomic mass is 10.2. The van der Waals surface area contributed by atoms with Crippen molar-refractivity contribution in [2.24, 2.45) is 0 Å². The molecule has 0 aliphatic rings. The number of benzene rings is 1. The van der Waals surface area contributed by atoms with Gasteiger partial charge in [-0.15, -0.1) is 0 Å². The average molecular weight is 157 g/mol. The Kier molecular flexibility index (Phi) is 3.58. The second-order valence-corrected chi connectivity index (χ2v) is 2.32. The summed E-state index contributed by atoms with van der Waals surface area (Å²) in [5.74, 6) is 0. The topological polar surface area (TPSA) is 23.9 Å². The number of hydrogen-bond donors (Lipinski definition) is 1. The second kappa shape index (κ2) is 5.08. The lowest BCUT2D eigenvalue weighted by Gasteiger charge is -1.87. The molecule has 1 aromatic carbocycles. The molecule has 0 unspecified atom stereocenters. The maximum absolute atomic E-state index is 6.74. The molecule has 0 aliphatic carbocycles. The highest BCUT2D eigenvalue weighted by molar-refractivity contribution is 5.68. The highest BCUT2D eigenvalue weighted by atomic mass is 14.3. The second-order valence-electron chi connectivity index (χ2n) is 2.32. The van der Waals surface area contributed by atoms with Crippen molar-refractivity contribution in [3.63, 3.8) is 0 Å². The van der Waals surface area contributed by atoms with Gasteiger partial charge in [0.1, 0.15) is 0 Å². The number of allylic oxidation sites excluding steroid dienone is 3. The molecule has 1 rings (SSSR count). The van der Waals surface area contributed by atoms with E-state index in [9.17, 15) is 0 Å². The van der Waals surface area contributed by atoms with E-state index in [0.717, 1.165) is 0 Å². The zero-order valence-electron chi connectivity index (χ0n) is 6.77. The van der Waals surface area contributed by atoms with Gasteiger partial charge in [-0.2, -0.15) is 0 Å². The first kappa shape index (κ1) is 8.47. The van der Waals surface area contributed by atoms with Crippen LogP contribution in [0.1, 0.15) is 5.56 Å². The van der Waals surface area contributed by atoms with Gasteiger partial charge in [0.15, 0.2) is 0 Å². The molecular weight excluding hydrogens is 146 g/mol. The van der Waals surface area contributed by atoms with Gasteiger partial charge in [-0.1, -0.05) is 48.6 Å². The number of hydrogen-bond acceptors (Lipinski definition) is 1. The molecule has 60 valence electrons. The van der Waals surface area contributed by atoms with Gasteiger partial charge in [0.25, 0.3) is 0 Å². The van der Waals surface area contributed by atoms with Crippen LogP contribution >= 0.6 is 0 Å². The molecule has 1 heteroatoms. The average Bonchev–Trinajstić information content (AvgIpc) is 2.14. The molecule has 1 nitrogen and oxygen atoms in total. The number of nitrogens with one attached hydrogen (secondary N) is 1. The molecule has 0 heterocycles. The molecular formula is C11H11N.